The van der Waals surface area contributed by atoms with Crippen molar-refractivity contribution in [3.8, 4) is 0 Å². The van der Waals surface area contributed by atoms with E-state index in [9.17, 15) is 4.79 Å². The van der Waals surface area contributed by atoms with Gasteiger partial charge in [0, 0.05) is 65.6 Å². The van der Waals surface area contributed by atoms with E-state index >= 15 is 0 Å². The third-order valence-corrected chi connectivity index (χ3v) is 6.99. The van der Waals surface area contributed by atoms with E-state index < -0.39 is 5.97 Å². The Balaban J connectivity index is 1.40. The normalized spacial score (nSPS) is 16.6. The van der Waals surface area contributed by atoms with Crippen molar-refractivity contribution in [1.29, 1.82) is 0 Å². The largest absolute Gasteiger partial charge is 0.367 e. The molecule has 2 aromatic carbocycles. The highest BCUT2D eigenvalue weighted by Gasteiger charge is 2.32. The molecular weight excluding hydrogens is 438 g/mol. The van der Waals surface area contributed by atoms with Gasteiger partial charge in [-0.3, -0.25) is 4.98 Å². The van der Waals surface area contributed by atoms with E-state index in [1.165, 1.54) is 5.69 Å². The first-order chi connectivity index (χ1) is 17.1. The molecule has 0 amide bonds. The zero-order valence-corrected chi connectivity index (χ0v) is 19.7. The van der Waals surface area contributed by atoms with Crippen molar-refractivity contribution >= 4 is 33.5 Å². The van der Waals surface area contributed by atoms with Crippen LogP contribution in [-0.2, 0) is 24.9 Å². The summed E-state index contributed by atoms with van der Waals surface area (Å²) in [5.74, 6) is 0.525. The number of hydrogen-bond acceptors (Lipinski definition) is 5. The quantitative estimate of drug-likeness (QED) is 0.276. The van der Waals surface area contributed by atoms with Crippen LogP contribution in [0.4, 0.5) is 0 Å². The molecule has 0 saturated heterocycles. The van der Waals surface area contributed by atoms with Crippen LogP contribution in [0.3, 0.4) is 0 Å². The summed E-state index contributed by atoms with van der Waals surface area (Å²) >= 11 is 0. The van der Waals surface area contributed by atoms with Gasteiger partial charge in [0.2, 0.25) is 0 Å². The number of pyridine rings is 1. The number of hydrogen-bond donors (Lipinski definition) is 0. The van der Waals surface area contributed by atoms with Crippen LogP contribution in [0.2, 0.25) is 0 Å². The van der Waals surface area contributed by atoms with E-state index in [2.05, 4.69) is 43.4 Å². The number of benzene rings is 2. The molecule has 0 spiro atoms. The molecule has 1 aliphatic rings. The van der Waals surface area contributed by atoms with E-state index in [-0.39, 0.29) is 5.92 Å². The van der Waals surface area contributed by atoms with E-state index in [1.807, 2.05) is 55.7 Å². The lowest BCUT2D eigenvalue weighted by Gasteiger charge is -2.25. The van der Waals surface area contributed by atoms with Crippen LogP contribution < -0.4 is 0 Å². The van der Waals surface area contributed by atoms with Gasteiger partial charge in [-0.05, 0) is 38.0 Å². The summed E-state index contributed by atoms with van der Waals surface area (Å²) < 4.78 is 4.36. The SMILES string of the molecule is Cc1nccn1CC1CCc2c(c3ccccc3n2C)/C1=N/OC(=O)c1cnc2ccccc2c1. The number of nitrogens with zero attached hydrogens (tertiary/aromatic N) is 5. The number of aromatic nitrogens is 4. The fourth-order valence-corrected chi connectivity index (χ4v) is 5.13. The van der Waals surface area contributed by atoms with Gasteiger partial charge in [-0.1, -0.05) is 41.6 Å². The van der Waals surface area contributed by atoms with Crippen molar-refractivity contribution in [2.45, 2.75) is 26.3 Å². The third-order valence-electron chi connectivity index (χ3n) is 6.99. The summed E-state index contributed by atoms with van der Waals surface area (Å²) in [6.45, 7) is 2.72. The number of fused-ring (bicyclic) bond motifs is 4. The third kappa shape index (κ3) is 3.69. The highest BCUT2D eigenvalue weighted by molar-refractivity contribution is 6.14. The van der Waals surface area contributed by atoms with E-state index in [4.69, 9.17) is 4.84 Å². The molecule has 7 nitrogen and oxygen atoms in total. The van der Waals surface area contributed by atoms with Gasteiger partial charge in [0.05, 0.1) is 16.8 Å². The van der Waals surface area contributed by atoms with Crippen molar-refractivity contribution in [3.63, 3.8) is 0 Å². The predicted molar refractivity (Wildman–Crippen MR) is 135 cm³/mol. The number of carbonyl (C=O) groups is 1. The Bertz CT molecular complexity index is 1610. The molecule has 6 rings (SSSR count). The molecule has 0 saturated carbocycles. The van der Waals surface area contributed by atoms with Crippen molar-refractivity contribution in [1.82, 2.24) is 19.1 Å². The first kappa shape index (κ1) is 21.3. The number of aryl methyl sites for hydroxylation is 2. The molecule has 7 heteroatoms. The Labute approximate surface area is 202 Å². The molecule has 1 unspecified atom stereocenters. The molecule has 0 bridgehead atoms. The monoisotopic (exact) mass is 463 g/mol. The highest BCUT2D eigenvalue weighted by atomic mass is 16.7. The van der Waals surface area contributed by atoms with Crippen LogP contribution in [0.25, 0.3) is 21.8 Å². The minimum absolute atomic E-state index is 0.0868. The van der Waals surface area contributed by atoms with E-state index in [0.717, 1.165) is 58.3 Å². The van der Waals surface area contributed by atoms with Gasteiger partial charge in [-0.2, -0.15) is 0 Å². The number of imidazole rings is 1. The van der Waals surface area contributed by atoms with Crippen LogP contribution in [0.1, 0.15) is 33.9 Å². The average Bonchev–Trinajstić information content (AvgIpc) is 3.43. The summed E-state index contributed by atoms with van der Waals surface area (Å²) in [5.41, 5.74) is 5.45. The maximum Gasteiger partial charge on any atom is 0.367 e. The molecule has 1 aliphatic carbocycles. The molecule has 0 aliphatic heterocycles. The maximum atomic E-state index is 13.0. The van der Waals surface area contributed by atoms with Gasteiger partial charge in [0.1, 0.15) is 5.82 Å². The molecular formula is C28H25N5O2. The lowest BCUT2D eigenvalue weighted by Crippen LogP contribution is -2.28. The van der Waals surface area contributed by atoms with Crippen molar-refractivity contribution < 1.29 is 9.63 Å². The van der Waals surface area contributed by atoms with Crippen LogP contribution in [-0.4, -0.2) is 30.8 Å². The molecule has 3 heterocycles. The molecule has 0 radical (unpaired) electrons. The summed E-state index contributed by atoms with van der Waals surface area (Å²) in [6, 6.07) is 17.8. The zero-order valence-electron chi connectivity index (χ0n) is 19.7. The standard InChI is InChI=1S/C28H25N5O2/c1-18-29-13-14-33(18)17-20-11-12-25-26(22-8-4-6-10-24(22)32(25)2)27(20)31-35-28(34)21-15-19-7-3-5-9-23(19)30-16-21/h3-10,13-16,20H,11-12,17H2,1-2H3/b31-27+. The first-order valence-corrected chi connectivity index (χ1v) is 11.8. The van der Waals surface area contributed by atoms with Crippen LogP contribution in [0.15, 0.2) is 78.3 Å². The first-order valence-electron chi connectivity index (χ1n) is 11.8. The summed E-state index contributed by atoms with van der Waals surface area (Å²) in [7, 11) is 2.09. The fourth-order valence-electron chi connectivity index (χ4n) is 5.13. The van der Waals surface area contributed by atoms with Gasteiger partial charge in [0.15, 0.2) is 0 Å². The molecule has 174 valence electrons. The second-order valence-electron chi connectivity index (χ2n) is 9.03. The Kier molecular flexibility index (Phi) is 5.17. The molecule has 0 fully saturated rings. The Hall–Kier alpha value is -4.26. The topological polar surface area (TPSA) is 74.3 Å². The Morgan fingerprint density at radius 3 is 2.83 bits per heavy atom. The second kappa shape index (κ2) is 8.51. The zero-order chi connectivity index (χ0) is 23.9. The predicted octanol–water partition coefficient (Wildman–Crippen LogP) is 5.06. The van der Waals surface area contributed by atoms with Gasteiger partial charge >= 0.3 is 5.97 Å². The Morgan fingerprint density at radius 2 is 1.97 bits per heavy atom. The summed E-state index contributed by atoms with van der Waals surface area (Å²) in [6.07, 6.45) is 7.17. The lowest BCUT2D eigenvalue weighted by molar-refractivity contribution is 0.0513. The maximum absolute atomic E-state index is 13.0. The lowest BCUT2D eigenvalue weighted by atomic mass is 9.84. The van der Waals surface area contributed by atoms with E-state index in [1.54, 1.807) is 12.3 Å². The number of rotatable bonds is 4. The average molecular weight is 464 g/mol. The van der Waals surface area contributed by atoms with Crippen molar-refractivity contribution in [2.24, 2.45) is 18.1 Å². The smallest absolute Gasteiger partial charge is 0.347 e. The van der Waals surface area contributed by atoms with Gasteiger partial charge in [0.25, 0.3) is 0 Å². The minimum atomic E-state index is -0.513. The molecule has 1 atom stereocenters. The van der Waals surface area contributed by atoms with E-state index in [0.29, 0.717) is 5.56 Å². The van der Waals surface area contributed by atoms with Gasteiger partial charge in [-0.15, -0.1) is 0 Å². The van der Waals surface area contributed by atoms with Gasteiger partial charge in [-0.25, -0.2) is 9.78 Å². The number of carbonyl (C=O) groups excluding carboxylic acids is 1. The second-order valence-corrected chi connectivity index (χ2v) is 9.03. The molecule has 5 aromatic rings. The van der Waals surface area contributed by atoms with Gasteiger partial charge < -0.3 is 14.0 Å². The van der Waals surface area contributed by atoms with Crippen LogP contribution in [0, 0.1) is 12.8 Å². The summed E-state index contributed by atoms with van der Waals surface area (Å²) in [4.78, 5) is 27.3. The molecule has 35 heavy (non-hydrogen) atoms. The molecule has 0 N–H and O–H groups in total. The minimum Gasteiger partial charge on any atom is -0.347 e. The highest BCUT2D eigenvalue weighted by Crippen LogP contribution is 2.35. The fraction of sp³-hybridized carbons (Fsp3) is 0.214. The summed E-state index contributed by atoms with van der Waals surface area (Å²) in [5, 5.41) is 6.54. The van der Waals surface area contributed by atoms with Crippen molar-refractivity contribution in [3.05, 3.63) is 95.8 Å². The molecule has 3 aromatic heterocycles. The Morgan fingerprint density at radius 1 is 1.14 bits per heavy atom. The van der Waals surface area contributed by atoms with Crippen molar-refractivity contribution in [2.75, 3.05) is 0 Å². The number of oxime groups is 1. The number of para-hydroxylation sites is 2. The van der Waals surface area contributed by atoms with Crippen LogP contribution >= 0.6 is 0 Å². The van der Waals surface area contributed by atoms with Crippen LogP contribution in [0.5, 0.6) is 0 Å².